The Kier molecular flexibility index (Phi) is 2.67. The molecule has 1 unspecified atom stereocenters. The third-order valence-corrected chi connectivity index (χ3v) is 1.28. The Morgan fingerprint density at radius 2 is 2.56 bits per heavy atom. The van der Waals surface area contributed by atoms with Crippen LogP contribution in [0, 0.1) is 0 Å². The predicted molar refractivity (Wildman–Crippen MR) is 32.9 cm³/mol. The van der Waals surface area contributed by atoms with Crippen LogP contribution < -0.4 is 5.32 Å². The van der Waals surface area contributed by atoms with Crippen molar-refractivity contribution in [1.29, 1.82) is 0 Å². The minimum absolute atomic E-state index is 0.201. The van der Waals surface area contributed by atoms with Crippen LogP contribution in [-0.2, 0) is 9.53 Å². The molecule has 1 saturated heterocycles. The first-order chi connectivity index (χ1) is 4.43. The molecule has 0 bridgehead atoms. The van der Waals surface area contributed by atoms with Crippen molar-refractivity contribution in [3.05, 3.63) is 0 Å². The second-order valence-corrected chi connectivity index (χ2v) is 2.05. The highest BCUT2D eigenvalue weighted by atomic mass is 16.5. The maximum Gasteiger partial charge on any atom is 0.219 e. The van der Waals surface area contributed by atoms with Gasteiger partial charge in [0.15, 0.2) is 0 Å². The number of nitrogens with one attached hydrogen (secondary N) is 1. The fourth-order valence-corrected chi connectivity index (χ4v) is 0.786. The van der Waals surface area contributed by atoms with Crippen molar-refractivity contribution in [2.45, 2.75) is 12.5 Å². The molecule has 0 aliphatic carbocycles. The SMILES string of the molecule is O=[C]C1COCCCN1. The van der Waals surface area contributed by atoms with Crippen LogP contribution in [0.5, 0.6) is 0 Å². The molecule has 1 aliphatic heterocycles. The van der Waals surface area contributed by atoms with E-state index in [1.54, 1.807) is 0 Å². The average molecular weight is 128 g/mol. The molecule has 1 N–H and O–H groups in total. The Balaban J connectivity index is 2.26. The van der Waals surface area contributed by atoms with Gasteiger partial charge in [0.1, 0.15) is 0 Å². The van der Waals surface area contributed by atoms with E-state index in [2.05, 4.69) is 5.32 Å². The van der Waals surface area contributed by atoms with E-state index in [0.717, 1.165) is 19.6 Å². The lowest BCUT2D eigenvalue weighted by Gasteiger charge is -2.03. The Morgan fingerprint density at radius 1 is 1.67 bits per heavy atom. The molecule has 1 heterocycles. The van der Waals surface area contributed by atoms with Crippen LogP contribution in [-0.4, -0.2) is 32.1 Å². The molecular formula is C6H10NO2. The molecule has 9 heavy (non-hydrogen) atoms. The van der Waals surface area contributed by atoms with Crippen molar-refractivity contribution in [3.63, 3.8) is 0 Å². The second-order valence-electron chi connectivity index (χ2n) is 2.05. The molecule has 0 aromatic heterocycles. The number of hydrogen-bond donors (Lipinski definition) is 1. The molecule has 0 spiro atoms. The van der Waals surface area contributed by atoms with Crippen LogP contribution in [0.25, 0.3) is 0 Å². The van der Waals surface area contributed by atoms with Gasteiger partial charge in [0.05, 0.1) is 12.6 Å². The van der Waals surface area contributed by atoms with Crippen molar-refractivity contribution in [1.82, 2.24) is 5.32 Å². The molecule has 1 atom stereocenters. The molecule has 51 valence electrons. The van der Waals surface area contributed by atoms with E-state index in [0.29, 0.717) is 6.61 Å². The summed E-state index contributed by atoms with van der Waals surface area (Å²) in [6, 6.07) is -0.201. The highest BCUT2D eigenvalue weighted by Crippen LogP contribution is 1.90. The molecule has 1 rings (SSSR count). The summed E-state index contributed by atoms with van der Waals surface area (Å²) in [7, 11) is 0. The first-order valence-corrected chi connectivity index (χ1v) is 3.12. The minimum Gasteiger partial charge on any atom is -0.379 e. The molecule has 0 aromatic rings. The largest absolute Gasteiger partial charge is 0.379 e. The summed E-state index contributed by atoms with van der Waals surface area (Å²) in [5.74, 6) is 0. The molecule has 0 amide bonds. The molecule has 3 nitrogen and oxygen atoms in total. The predicted octanol–water partition coefficient (Wildman–Crippen LogP) is -0.525. The molecule has 1 aliphatic rings. The van der Waals surface area contributed by atoms with Crippen LogP contribution in [0.3, 0.4) is 0 Å². The number of hydrogen-bond acceptors (Lipinski definition) is 3. The van der Waals surface area contributed by atoms with Crippen molar-refractivity contribution in [2.24, 2.45) is 0 Å². The van der Waals surface area contributed by atoms with Gasteiger partial charge in [-0.25, -0.2) is 0 Å². The normalized spacial score (nSPS) is 29.1. The molecule has 1 radical (unpaired) electrons. The number of carbonyl (C=O) groups excluding carboxylic acids is 1. The molecule has 3 heteroatoms. The van der Waals surface area contributed by atoms with E-state index in [-0.39, 0.29) is 6.04 Å². The lowest BCUT2D eigenvalue weighted by atomic mass is 10.3. The van der Waals surface area contributed by atoms with Crippen molar-refractivity contribution in [3.8, 4) is 0 Å². The van der Waals surface area contributed by atoms with Gasteiger partial charge in [-0.15, -0.1) is 0 Å². The Hall–Kier alpha value is -0.410. The minimum atomic E-state index is -0.201. The van der Waals surface area contributed by atoms with E-state index in [9.17, 15) is 4.79 Å². The fraction of sp³-hybridized carbons (Fsp3) is 0.833. The molecular weight excluding hydrogens is 118 g/mol. The van der Waals surface area contributed by atoms with E-state index >= 15 is 0 Å². The highest BCUT2D eigenvalue weighted by molar-refractivity contribution is 5.58. The lowest BCUT2D eigenvalue weighted by molar-refractivity contribution is 0.142. The van der Waals surface area contributed by atoms with Gasteiger partial charge >= 0.3 is 0 Å². The van der Waals surface area contributed by atoms with Gasteiger partial charge in [-0.2, -0.15) is 0 Å². The van der Waals surface area contributed by atoms with E-state index in [4.69, 9.17) is 4.74 Å². The third kappa shape index (κ3) is 2.11. The van der Waals surface area contributed by atoms with Gasteiger partial charge in [0.25, 0.3) is 0 Å². The first-order valence-electron chi connectivity index (χ1n) is 3.12. The smallest absolute Gasteiger partial charge is 0.219 e. The average Bonchev–Trinajstić information content (AvgIpc) is 2.13. The van der Waals surface area contributed by atoms with Crippen LogP contribution in [0.4, 0.5) is 0 Å². The number of rotatable bonds is 1. The standard InChI is InChI=1S/C6H10NO2/c8-4-6-5-9-3-1-2-7-6/h6-7H,1-3,5H2. The van der Waals surface area contributed by atoms with E-state index in [1.807, 2.05) is 6.29 Å². The Labute approximate surface area is 54.4 Å². The van der Waals surface area contributed by atoms with Gasteiger partial charge in [0.2, 0.25) is 6.29 Å². The van der Waals surface area contributed by atoms with Crippen LogP contribution in [0.2, 0.25) is 0 Å². The van der Waals surface area contributed by atoms with E-state index < -0.39 is 0 Å². The lowest BCUT2D eigenvalue weighted by Crippen LogP contribution is -2.32. The zero-order valence-corrected chi connectivity index (χ0v) is 5.22. The van der Waals surface area contributed by atoms with Crippen LogP contribution >= 0.6 is 0 Å². The first kappa shape index (κ1) is 6.71. The Bertz CT molecular complexity index is 87.1. The van der Waals surface area contributed by atoms with Crippen molar-refractivity contribution >= 4 is 6.29 Å². The van der Waals surface area contributed by atoms with Crippen molar-refractivity contribution in [2.75, 3.05) is 19.8 Å². The molecule has 1 fully saturated rings. The topological polar surface area (TPSA) is 38.3 Å². The summed E-state index contributed by atoms with van der Waals surface area (Å²) in [5.41, 5.74) is 0. The zero-order valence-electron chi connectivity index (χ0n) is 5.22. The summed E-state index contributed by atoms with van der Waals surface area (Å²) >= 11 is 0. The van der Waals surface area contributed by atoms with Crippen LogP contribution in [0.15, 0.2) is 0 Å². The maximum absolute atomic E-state index is 10.0. The molecule has 0 saturated carbocycles. The monoisotopic (exact) mass is 128 g/mol. The third-order valence-electron chi connectivity index (χ3n) is 1.28. The number of ether oxygens (including phenoxy) is 1. The summed E-state index contributed by atoms with van der Waals surface area (Å²) < 4.78 is 5.07. The zero-order chi connectivity index (χ0) is 6.53. The summed E-state index contributed by atoms with van der Waals surface area (Å²) in [6.07, 6.45) is 2.84. The summed E-state index contributed by atoms with van der Waals surface area (Å²) in [4.78, 5) is 10.0. The van der Waals surface area contributed by atoms with Crippen molar-refractivity contribution < 1.29 is 9.53 Å². The quantitative estimate of drug-likeness (QED) is 0.516. The van der Waals surface area contributed by atoms with Gasteiger partial charge in [-0.3, -0.25) is 4.79 Å². The molecule has 0 aromatic carbocycles. The van der Waals surface area contributed by atoms with E-state index in [1.165, 1.54) is 0 Å². The second kappa shape index (κ2) is 3.58. The van der Waals surface area contributed by atoms with Gasteiger partial charge < -0.3 is 10.1 Å². The summed E-state index contributed by atoms with van der Waals surface area (Å²) in [6.45, 7) is 2.09. The van der Waals surface area contributed by atoms with Crippen LogP contribution in [0.1, 0.15) is 6.42 Å². The fourth-order valence-electron chi connectivity index (χ4n) is 0.786. The van der Waals surface area contributed by atoms with Gasteiger partial charge in [-0.1, -0.05) is 0 Å². The Morgan fingerprint density at radius 3 is 3.33 bits per heavy atom. The summed E-state index contributed by atoms with van der Waals surface area (Å²) in [5, 5.41) is 2.98. The van der Waals surface area contributed by atoms with Gasteiger partial charge in [0, 0.05) is 6.61 Å². The maximum atomic E-state index is 10.0. The van der Waals surface area contributed by atoms with Gasteiger partial charge in [-0.05, 0) is 13.0 Å². The highest BCUT2D eigenvalue weighted by Gasteiger charge is 2.09.